The van der Waals surface area contributed by atoms with Crippen LogP contribution in [0.4, 0.5) is 4.39 Å². The second-order valence-corrected chi connectivity index (χ2v) is 8.02. The van der Waals surface area contributed by atoms with Gasteiger partial charge < -0.3 is 9.47 Å². The van der Waals surface area contributed by atoms with Gasteiger partial charge in [0.1, 0.15) is 12.4 Å². The Hall–Kier alpha value is -2.32. The lowest BCUT2D eigenvalue weighted by atomic mass is 10.1. The maximum Gasteiger partial charge on any atom is 0.266 e. The number of carbonyl (C=O) groups is 1. The number of carbonyl (C=O) groups excluding carboxylic acids is 1. The van der Waals surface area contributed by atoms with E-state index in [0.29, 0.717) is 32.7 Å². The Labute approximate surface area is 181 Å². The Morgan fingerprint density at radius 1 is 1.24 bits per heavy atom. The third kappa shape index (κ3) is 5.00. The van der Waals surface area contributed by atoms with Crippen molar-refractivity contribution in [3.63, 3.8) is 0 Å². The summed E-state index contributed by atoms with van der Waals surface area (Å²) in [6.45, 7) is 2.62. The van der Waals surface area contributed by atoms with Crippen LogP contribution in [0.2, 0.25) is 0 Å². The van der Waals surface area contributed by atoms with Crippen LogP contribution in [-0.2, 0) is 11.4 Å². The van der Waals surface area contributed by atoms with Gasteiger partial charge >= 0.3 is 0 Å². The van der Waals surface area contributed by atoms with Crippen molar-refractivity contribution in [3.8, 4) is 11.5 Å². The molecule has 29 heavy (non-hydrogen) atoms. The zero-order chi connectivity index (χ0) is 21.0. The molecule has 1 aliphatic rings. The van der Waals surface area contributed by atoms with Crippen molar-refractivity contribution < 1.29 is 18.7 Å². The smallest absolute Gasteiger partial charge is 0.266 e. The number of ether oxygens (including phenoxy) is 2. The first-order valence-electron chi connectivity index (χ1n) is 8.91. The van der Waals surface area contributed by atoms with E-state index in [1.807, 2.05) is 19.1 Å². The fraction of sp³-hybridized carbons (Fsp3) is 0.238. The van der Waals surface area contributed by atoms with Gasteiger partial charge in [0.15, 0.2) is 16.7 Å². The lowest BCUT2D eigenvalue weighted by Gasteiger charge is -2.15. The Bertz CT molecular complexity index is 977. The lowest BCUT2D eigenvalue weighted by Crippen LogP contribution is -2.23. The molecule has 0 unspecified atom stereocenters. The number of likely N-dealkylation sites (N-methyl/N-ethyl adjacent to an activating group) is 1. The van der Waals surface area contributed by atoms with Crippen LogP contribution in [0.25, 0.3) is 6.08 Å². The number of hydrogen-bond acceptors (Lipinski definition) is 5. The van der Waals surface area contributed by atoms with Crippen LogP contribution in [0.15, 0.2) is 50.8 Å². The third-order valence-corrected chi connectivity index (χ3v) is 5.86. The van der Waals surface area contributed by atoms with Gasteiger partial charge in [0, 0.05) is 14.1 Å². The minimum atomic E-state index is -0.288. The lowest BCUT2D eigenvalue weighted by molar-refractivity contribution is -0.121. The van der Waals surface area contributed by atoms with E-state index in [-0.39, 0.29) is 18.3 Å². The van der Waals surface area contributed by atoms with Crippen LogP contribution in [0, 0.1) is 5.82 Å². The van der Waals surface area contributed by atoms with Crippen molar-refractivity contribution in [2.24, 2.45) is 4.99 Å². The predicted octanol–water partition coefficient (Wildman–Crippen LogP) is 5.10. The highest BCUT2D eigenvalue weighted by molar-refractivity contribution is 9.10. The summed E-state index contributed by atoms with van der Waals surface area (Å²) < 4.78 is 25.5. The summed E-state index contributed by atoms with van der Waals surface area (Å²) in [7, 11) is 3.36. The fourth-order valence-corrected chi connectivity index (χ4v) is 4.21. The summed E-state index contributed by atoms with van der Waals surface area (Å²) in [4.78, 5) is 18.6. The van der Waals surface area contributed by atoms with Crippen molar-refractivity contribution >= 4 is 44.8 Å². The van der Waals surface area contributed by atoms with Gasteiger partial charge in [-0.1, -0.05) is 12.1 Å². The summed E-state index contributed by atoms with van der Waals surface area (Å²) in [5.41, 5.74) is 1.64. The normalized spacial score (nSPS) is 16.7. The summed E-state index contributed by atoms with van der Waals surface area (Å²) in [5, 5.41) is 0.657. The molecule has 152 valence electrons. The summed E-state index contributed by atoms with van der Waals surface area (Å²) in [5.74, 6) is 0.727. The van der Waals surface area contributed by atoms with E-state index in [4.69, 9.17) is 9.47 Å². The second kappa shape index (κ2) is 9.45. The molecule has 0 aromatic heterocycles. The van der Waals surface area contributed by atoms with E-state index in [0.717, 1.165) is 11.1 Å². The van der Waals surface area contributed by atoms with Gasteiger partial charge in [-0.15, -0.1) is 0 Å². The molecule has 1 amide bonds. The van der Waals surface area contributed by atoms with Crippen LogP contribution in [-0.4, -0.2) is 36.7 Å². The molecule has 0 spiro atoms. The molecule has 1 fully saturated rings. The third-order valence-electron chi connectivity index (χ3n) is 4.12. The molecular formula is C21H20BrFN2O3S. The van der Waals surface area contributed by atoms with Crippen molar-refractivity contribution in [2.75, 3.05) is 20.7 Å². The van der Waals surface area contributed by atoms with Crippen molar-refractivity contribution in [1.82, 2.24) is 4.90 Å². The number of benzene rings is 2. The molecule has 0 saturated carbocycles. The van der Waals surface area contributed by atoms with Crippen LogP contribution in [0.3, 0.4) is 0 Å². The molecule has 0 atom stereocenters. The van der Waals surface area contributed by atoms with E-state index in [9.17, 15) is 9.18 Å². The average Bonchev–Trinajstić information content (AvgIpc) is 2.97. The van der Waals surface area contributed by atoms with E-state index in [2.05, 4.69) is 20.9 Å². The highest BCUT2D eigenvalue weighted by Crippen LogP contribution is 2.39. The monoisotopic (exact) mass is 478 g/mol. The minimum Gasteiger partial charge on any atom is -0.490 e. The number of aliphatic imine (C=N–C) groups is 1. The van der Waals surface area contributed by atoms with E-state index in [1.165, 1.54) is 28.8 Å². The van der Waals surface area contributed by atoms with Crippen LogP contribution in [0.1, 0.15) is 18.1 Å². The van der Waals surface area contributed by atoms with Crippen molar-refractivity contribution in [3.05, 3.63) is 62.7 Å². The molecule has 0 N–H and O–H groups in total. The highest BCUT2D eigenvalue weighted by Gasteiger charge is 2.29. The van der Waals surface area contributed by atoms with Gasteiger partial charge in [-0.05, 0) is 76.1 Å². The molecular weight excluding hydrogens is 459 g/mol. The molecule has 3 rings (SSSR count). The van der Waals surface area contributed by atoms with E-state index >= 15 is 0 Å². The Balaban J connectivity index is 1.87. The van der Waals surface area contributed by atoms with Gasteiger partial charge in [-0.25, -0.2) is 4.39 Å². The highest BCUT2D eigenvalue weighted by atomic mass is 79.9. The number of amidine groups is 1. The molecule has 2 aromatic carbocycles. The Morgan fingerprint density at radius 2 is 1.97 bits per heavy atom. The quantitative estimate of drug-likeness (QED) is 0.542. The number of thioether (sulfide) groups is 1. The largest absolute Gasteiger partial charge is 0.490 e. The van der Waals surface area contributed by atoms with Crippen LogP contribution < -0.4 is 9.47 Å². The van der Waals surface area contributed by atoms with Gasteiger partial charge in [0.25, 0.3) is 5.91 Å². The van der Waals surface area contributed by atoms with Gasteiger partial charge in [-0.2, -0.15) is 0 Å². The number of hydrogen-bond donors (Lipinski definition) is 0. The maximum atomic E-state index is 13.1. The molecule has 0 aliphatic carbocycles. The summed E-state index contributed by atoms with van der Waals surface area (Å²) >= 11 is 4.86. The standard InChI is InChI=1S/C21H20BrFN2O3S/c1-4-27-17-10-14(11-18-20(26)25(3)21(24-2)29-18)9-16(22)19(17)28-12-13-5-7-15(23)8-6-13/h5-11H,4,12H2,1-3H3/b18-11+,24-21?. The predicted molar refractivity (Wildman–Crippen MR) is 118 cm³/mol. The van der Waals surface area contributed by atoms with Crippen LogP contribution in [0.5, 0.6) is 11.5 Å². The minimum absolute atomic E-state index is 0.0960. The van der Waals surface area contributed by atoms with Crippen molar-refractivity contribution in [2.45, 2.75) is 13.5 Å². The second-order valence-electron chi connectivity index (χ2n) is 6.16. The number of halogens is 2. The molecule has 1 aliphatic heterocycles. The zero-order valence-electron chi connectivity index (χ0n) is 16.2. The van der Waals surface area contributed by atoms with Crippen molar-refractivity contribution in [1.29, 1.82) is 0 Å². The number of amides is 1. The van der Waals surface area contributed by atoms with Gasteiger partial charge in [0.05, 0.1) is 16.0 Å². The topological polar surface area (TPSA) is 51.1 Å². The molecule has 0 radical (unpaired) electrons. The molecule has 1 heterocycles. The molecule has 1 saturated heterocycles. The Morgan fingerprint density at radius 3 is 2.59 bits per heavy atom. The van der Waals surface area contributed by atoms with Gasteiger partial charge in [-0.3, -0.25) is 14.7 Å². The first-order valence-corrected chi connectivity index (χ1v) is 10.5. The first kappa shape index (κ1) is 21.4. The number of nitrogens with zero attached hydrogens (tertiary/aromatic N) is 2. The summed E-state index contributed by atoms with van der Waals surface area (Å²) in [6, 6.07) is 9.84. The molecule has 8 heteroatoms. The zero-order valence-corrected chi connectivity index (χ0v) is 18.6. The molecule has 0 bridgehead atoms. The maximum absolute atomic E-state index is 13.1. The van der Waals surface area contributed by atoms with E-state index < -0.39 is 0 Å². The average molecular weight is 479 g/mol. The SMILES string of the molecule is CCOc1cc(/C=C2/SC(=NC)N(C)C2=O)cc(Br)c1OCc1ccc(F)cc1. The Kier molecular flexibility index (Phi) is 6.97. The molecule has 2 aromatic rings. The van der Waals surface area contributed by atoms with Gasteiger partial charge in [0.2, 0.25) is 0 Å². The fourth-order valence-electron chi connectivity index (χ4n) is 2.71. The molecule has 5 nitrogen and oxygen atoms in total. The number of rotatable bonds is 6. The van der Waals surface area contributed by atoms with E-state index in [1.54, 1.807) is 32.3 Å². The summed E-state index contributed by atoms with van der Waals surface area (Å²) in [6.07, 6.45) is 1.80. The first-order chi connectivity index (χ1) is 13.9. The van der Waals surface area contributed by atoms with Crippen LogP contribution >= 0.6 is 27.7 Å².